The van der Waals surface area contributed by atoms with Crippen LogP contribution >= 0.6 is 0 Å². The lowest BCUT2D eigenvalue weighted by Crippen LogP contribution is -2.15. The third-order valence-corrected chi connectivity index (χ3v) is 5.26. The standard InChI is InChI=1S/C20H22F3N5O2/c1-4-27-11(3)13(9-24-27)15-8-14(20(21,22)23)17-18(12-6-7-12)26-28(19(17)25-15)10-16(29)30-5-2/h8-9,12H,4-7,10H2,1-3H3. The molecule has 0 radical (unpaired) electrons. The highest BCUT2D eigenvalue weighted by Crippen LogP contribution is 2.46. The van der Waals surface area contributed by atoms with Crippen molar-refractivity contribution >= 4 is 17.0 Å². The van der Waals surface area contributed by atoms with Crippen LogP contribution in [0.4, 0.5) is 13.2 Å². The van der Waals surface area contributed by atoms with Crippen LogP contribution in [-0.4, -0.2) is 37.1 Å². The monoisotopic (exact) mass is 421 g/mol. The van der Waals surface area contributed by atoms with Crippen LogP contribution < -0.4 is 0 Å². The van der Waals surface area contributed by atoms with Crippen LogP contribution in [0.3, 0.4) is 0 Å². The molecule has 0 bridgehead atoms. The summed E-state index contributed by atoms with van der Waals surface area (Å²) in [4.78, 5) is 16.5. The van der Waals surface area contributed by atoms with E-state index < -0.39 is 17.7 Å². The number of carbonyl (C=O) groups excluding carboxylic acids is 1. The summed E-state index contributed by atoms with van der Waals surface area (Å²) < 4.78 is 50.1. The van der Waals surface area contributed by atoms with Crippen LogP contribution in [0.2, 0.25) is 0 Å². The van der Waals surface area contributed by atoms with Gasteiger partial charge in [-0.25, -0.2) is 9.67 Å². The van der Waals surface area contributed by atoms with Crippen LogP contribution in [0, 0.1) is 6.92 Å². The molecule has 0 N–H and O–H groups in total. The molecule has 3 aromatic rings. The molecule has 0 aromatic carbocycles. The fourth-order valence-corrected chi connectivity index (χ4v) is 3.66. The minimum atomic E-state index is -4.59. The van der Waals surface area contributed by atoms with E-state index in [1.165, 1.54) is 10.9 Å². The molecular weight excluding hydrogens is 399 g/mol. The number of esters is 1. The summed E-state index contributed by atoms with van der Waals surface area (Å²) in [6.45, 7) is 5.83. The van der Waals surface area contributed by atoms with Gasteiger partial charge in [-0.1, -0.05) is 0 Å². The van der Waals surface area contributed by atoms with Gasteiger partial charge in [0.1, 0.15) is 6.54 Å². The summed E-state index contributed by atoms with van der Waals surface area (Å²) in [5.74, 6) is -0.616. The van der Waals surface area contributed by atoms with Crippen molar-refractivity contribution in [3.8, 4) is 11.3 Å². The number of halogens is 3. The van der Waals surface area contributed by atoms with E-state index in [2.05, 4.69) is 15.2 Å². The summed E-state index contributed by atoms with van der Waals surface area (Å²) >= 11 is 0. The predicted molar refractivity (Wildman–Crippen MR) is 103 cm³/mol. The Bertz CT molecular complexity index is 1110. The number of rotatable bonds is 6. The smallest absolute Gasteiger partial charge is 0.417 e. The van der Waals surface area contributed by atoms with E-state index in [0.717, 1.165) is 24.6 Å². The Morgan fingerprint density at radius 1 is 1.27 bits per heavy atom. The number of alkyl halides is 3. The Kier molecular flexibility index (Phi) is 5.03. The van der Waals surface area contributed by atoms with E-state index in [0.29, 0.717) is 17.8 Å². The van der Waals surface area contributed by atoms with Gasteiger partial charge < -0.3 is 4.74 Å². The first-order chi connectivity index (χ1) is 14.2. The highest BCUT2D eigenvalue weighted by atomic mass is 19.4. The zero-order valence-corrected chi connectivity index (χ0v) is 17.0. The molecule has 7 nitrogen and oxygen atoms in total. The van der Waals surface area contributed by atoms with Crippen LogP contribution in [0.5, 0.6) is 0 Å². The number of carbonyl (C=O) groups is 1. The van der Waals surface area contributed by atoms with Crippen LogP contribution in [-0.2, 0) is 28.8 Å². The maximum Gasteiger partial charge on any atom is 0.417 e. The van der Waals surface area contributed by atoms with Gasteiger partial charge in [-0.05, 0) is 39.7 Å². The van der Waals surface area contributed by atoms with Gasteiger partial charge in [0.15, 0.2) is 5.65 Å². The van der Waals surface area contributed by atoms with Gasteiger partial charge in [0.25, 0.3) is 0 Å². The average Bonchev–Trinajstić information content (AvgIpc) is 3.37. The molecule has 0 amide bonds. The molecular formula is C20H22F3N5O2. The largest absolute Gasteiger partial charge is 0.465 e. The van der Waals surface area contributed by atoms with Gasteiger partial charge in [0.2, 0.25) is 0 Å². The molecule has 1 fully saturated rings. The Labute approximate surface area is 170 Å². The number of aryl methyl sites for hydroxylation is 1. The van der Waals surface area contributed by atoms with Gasteiger partial charge in [0, 0.05) is 23.7 Å². The molecule has 0 atom stereocenters. The molecule has 0 unspecified atom stereocenters. The molecule has 1 aliphatic carbocycles. The van der Waals surface area contributed by atoms with E-state index in [-0.39, 0.29) is 35.8 Å². The van der Waals surface area contributed by atoms with Crippen molar-refractivity contribution in [3.63, 3.8) is 0 Å². The van der Waals surface area contributed by atoms with E-state index in [1.54, 1.807) is 18.5 Å². The summed E-state index contributed by atoms with van der Waals surface area (Å²) in [6.07, 6.45) is -1.53. The van der Waals surface area contributed by atoms with Gasteiger partial charge >= 0.3 is 12.1 Å². The fourth-order valence-electron chi connectivity index (χ4n) is 3.66. The summed E-state index contributed by atoms with van der Waals surface area (Å²) in [7, 11) is 0. The van der Waals surface area contributed by atoms with Crippen LogP contribution in [0.1, 0.15) is 49.6 Å². The third kappa shape index (κ3) is 3.54. The zero-order chi connectivity index (χ0) is 21.6. The van der Waals surface area contributed by atoms with E-state index in [1.807, 2.05) is 6.92 Å². The minimum Gasteiger partial charge on any atom is -0.465 e. The number of fused-ring (bicyclic) bond motifs is 1. The van der Waals surface area contributed by atoms with Crippen molar-refractivity contribution in [1.29, 1.82) is 0 Å². The minimum absolute atomic E-state index is 0.0291. The summed E-state index contributed by atoms with van der Waals surface area (Å²) in [5, 5.41) is 8.55. The normalized spacial score (nSPS) is 14.5. The van der Waals surface area contributed by atoms with Crippen molar-refractivity contribution in [2.75, 3.05) is 6.61 Å². The number of ether oxygens (including phenoxy) is 1. The SMILES string of the molecule is CCOC(=O)Cn1nc(C2CC2)c2c(C(F)(F)F)cc(-c3cnn(CC)c3C)nc21. The Hall–Kier alpha value is -2.91. The molecule has 1 saturated carbocycles. The first kappa shape index (κ1) is 20.4. The number of pyridine rings is 1. The zero-order valence-electron chi connectivity index (χ0n) is 17.0. The van der Waals surface area contributed by atoms with Crippen LogP contribution in [0.25, 0.3) is 22.3 Å². The Morgan fingerprint density at radius 3 is 2.57 bits per heavy atom. The second kappa shape index (κ2) is 7.41. The number of nitrogens with zero attached hydrogens (tertiary/aromatic N) is 5. The van der Waals surface area contributed by atoms with Crippen molar-refractivity contribution in [2.24, 2.45) is 0 Å². The lowest BCUT2D eigenvalue weighted by atomic mass is 10.0. The Morgan fingerprint density at radius 2 is 2.00 bits per heavy atom. The fraction of sp³-hybridized carbons (Fsp3) is 0.500. The molecule has 0 spiro atoms. The lowest BCUT2D eigenvalue weighted by molar-refractivity contribution is -0.144. The predicted octanol–water partition coefficient (Wildman–Crippen LogP) is 4.08. The number of aromatic nitrogens is 5. The van der Waals surface area contributed by atoms with Crippen molar-refractivity contribution in [2.45, 2.75) is 58.8 Å². The van der Waals surface area contributed by atoms with Gasteiger partial charge in [-0.15, -0.1) is 0 Å². The maximum absolute atomic E-state index is 14.1. The van der Waals surface area contributed by atoms with Crippen molar-refractivity contribution < 1.29 is 22.7 Å². The summed E-state index contributed by atoms with van der Waals surface area (Å²) in [6, 6.07) is 1.06. The van der Waals surface area contributed by atoms with Crippen molar-refractivity contribution in [3.05, 3.63) is 29.2 Å². The molecule has 3 aromatic heterocycles. The maximum atomic E-state index is 14.1. The summed E-state index contributed by atoms with van der Waals surface area (Å²) in [5.41, 5.74) is 0.986. The van der Waals surface area contributed by atoms with E-state index in [9.17, 15) is 18.0 Å². The van der Waals surface area contributed by atoms with Crippen LogP contribution in [0.15, 0.2) is 12.3 Å². The first-order valence-electron chi connectivity index (χ1n) is 9.91. The molecule has 10 heteroatoms. The van der Waals surface area contributed by atoms with Gasteiger partial charge in [-0.2, -0.15) is 23.4 Å². The number of hydrogen-bond donors (Lipinski definition) is 0. The molecule has 1 aliphatic rings. The second-order valence-corrected chi connectivity index (χ2v) is 7.33. The molecule has 160 valence electrons. The molecule has 0 aliphatic heterocycles. The lowest BCUT2D eigenvalue weighted by Gasteiger charge is -2.12. The molecule has 3 heterocycles. The number of hydrogen-bond acceptors (Lipinski definition) is 5. The third-order valence-electron chi connectivity index (χ3n) is 5.26. The molecule has 4 rings (SSSR count). The van der Waals surface area contributed by atoms with E-state index in [4.69, 9.17) is 4.74 Å². The average molecular weight is 421 g/mol. The Balaban J connectivity index is 1.97. The molecule has 0 saturated heterocycles. The quantitative estimate of drug-likeness (QED) is 0.561. The topological polar surface area (TPSA) is 74.8 Å². The first-order valence-corrected chi connectivity index (χ1v) is 9.91. The highest BCUT2D eigenvalue weighted by molar-refractivity contribution is 5.87. The van der Waals surface area contributed by atoms with Gasteiger partial charge in [-0.3, -0.25) is 9.48 Å². The highest BCUT2D eigenvalue weighted by Gasteiger charge is 2.39. The van der Waals surface area contributed by atoms with E-state index >= 15 is 0 Å². The molecule has 30 heavy (non-hydrogen) atoms. The van der Waals surface area contributed by atoms with Gasteiger partial charge in [0.05, 0.1) is 35.1 Å². The van der Waals surface area contributed by atoms with Crippen molar-refractivity contribution in [1.82, 2.24) is 24.5 Å². The second-order valence-electron chi connectivity index (χ2n) is 7.33.